The van der Waals surface area contributed by atoms with Crippen LogP contribution >= 0.6 is 11.3 Å². The Hall–Kier alpha value is -3.74. The lowest BCUT2D eigenvalue weighted by molar-refractivity contribution is -0.238. The maximum absolute atomic E-state index is 16.7. The Morgan fingerprint density at radius 1 is 1.17 bits per heavy atom. The second kappa shape index (κ2) is 17.6. The molecule has 0 aromatic carbocycles. The molecule has 7 rings (SSSR count). The number of Topliss-reactive ketones (excluding diaryl/α,β-unsaturated/α-hetero) is 1. The number of nitrogens with two attached hydrogens (primary N) is 1. The monoisotopic (exact) mass is 856 g/mol. The number of aliphatic hydroxyl groups is 1. The van der Waals surface area contributed by atoms with E-state index in [-0.39, 0.29) is 37.5 Å². The molecule has 4 unspecified atom stereocenters. The number of carbonyl (C=O) groups is 3. The molecule has 3 saturated heterocycles. The van der Waals surface area contributed by atoms with E-state index in [2.05, 4.69) is 14.9 Å². The van der Waals surface area contributed by atoms with Crippen LogP contribution in [0.5, 0.6) is 0 Å². The van der Waals surface area contributed by atoms with Crippen LogP contribution < -0.4 is 5.73 Å². The minimum Gasteiger partial charge on any atom is -0.474 e. The molecule has 3 fully saturated rings. The first kappa shape index (κ1) is 45.8. The van der Waals surface area contributed by atoms with E-state index in [4.69, 9.17) is 39.4 Å². The van der Waals surface area contributed by atoms with Crippen molar-refractivity contribution in [1.29, 1.82) is 0 Å². The number of ketones is 1. The van der Waals surface area contributed by atoms with E-state index < -0.39 is 82.9 Å². The van der Waals surface area contributed by atoms with Crippen LogP contribution in [0.4, 0.5) is 10.2 Å². The molecule has 7 heterocycles. The molecule has 0 spiro atoms. The summed E-state index contributed by atoms with van der Waals surface area (Å²) in [5.74, 6) is -4.97. The van der Waals surface area contributed by atoms with Crippen LogP contribution in [0.2, 0.25) is 0 Å². The van der Waals surface area contributed by atoms with Gasteiger partial charge in [-0.05, 0) is 80.1 Å². The lowest BCUT2D eigenvalue weighted by atomic mass is 9.71. The number of halogens is 1. The number of ether oxygens (including phenoxy) is 5. The quantitative estimate of drug-likeness (QED) is 0.105. The van der Waals surface area contributed by atoms with Crippen molar-refractivity contribution in [3.8, 4) is 10.7 Å². The van der Waals surface area contributed by atoms with Gasteiger partial charge in [0.1, 0.15) is 52.6 Å². The number of fused-ring (bicyclic) bond motifs is 9. The Kier molecular flexibility index (Phi) is 13.4. The molecule has 0 saturated carbocycles. The van der Waals surface area contributed by atoms with Gasteiger partial charge in [-0.1, -0.05) is 26.8 Å². The van der Waals surface area contributed by atoms with Crippen LogP contribution in [0.25, 0.3) is 10.7 Å². The molecular weight excluding hydrogens is 796 g/mol. The molecule has 17 heteroatoms. The zero-order chi connectivity index (χ0) is 43.9. The van der Waals surface area contributed by atoms with Crippen LogP contribution in [0.15, 0.2) is 33.6 Å². The molecule has 15 nitrogen and oxygen atoms in total. The second-order valence-electron chi connectivity index (χ2n) is 17.8. The minimum atomic E-state index is -3.11. The van der Waals surface area contributed by atoms with Crippen LogP contribution in [0.3, 0.4) is 0 Å². The van der Waals surface area contributed by atoms with Crippen molar-refractivity contribution < 1.29 is 47.6 Å². The number of nitrogens with zero attached hydrogens (tertiary/aromatic N) is 5. The summed E-state index contributed by atoms with van der Waals surface area (Å²) >= 11 is 1.37. The number of hydrogen-bond donors (Lipinski definition) is 2. The zero-order valence-corrected chi connectivity index (χ0v) is 37.2. The van der Waals surface area contributed by atoms with Gasteiger partial charge in [0.2, 0.25) is 5.91 Å². The molecule has 0 radical (unpaired) electrons. The van der Waals surface area contributed by atoms with Crippen LogP contribution in [0.1, 0.15) is 99.6 Å². The van der Waals surface area contributed by atoms with Gasteiger partial charge in [-0.2, -0.15) is 4.99 Å². The summed E-state index contributed by atoms with van der Waals surface area (Å²) in [6, 6.07) is 4.96. The van der Waals surface area contributed by atoms with E-state index in [1.54, 1.807) is 26.0 Å². The van der Waals surface area contributed by atoms with Crippen molar-refractivity contribution in [2.75, 3.05) is 26.4 Å². The largest absolute Gasteiger partial charge is 0.474 e. The fourth-order valence-electron chi connectivity index (χ4n) is 9.26. The van der Waals surface area contributed by atoms with Crippen molar-refractivity contribution in [2.45, 2.75) is 154 Å². The number of epoxide rings is 1. The maximum Gasteiger partial charge on any atom is 0.351 e. The number of rotatable bonds is 9. The van der Waals surface area contributed by atoms with Gasteiger partial charge in [-0.15, -0.1) is 11.3 Å². The molecule has 1 amide bonds. The topological polar surface area (TPSA) is 201 Å². The highest BCUT2D eigenvalue weighted by molar-refractivity contribution is 7.13. The van der Waals surface area contributed by atoms with Crippen molar-refractivity contribution in [3.05, 3.63) is 29.3 Å². The van der Waals surface area contributed by atoms with Crippen LogP contribution in [-0.2, 0) is 44.7 Å². The summed E-state index contributed by atoms with van der Waals surface area (Å²) in [5.41, 5.74) is 0.546. The van der Waals surface area contributed by atoms with E-state index in [0.717, 1.165) is 19.1 Å². The van der Waals surface area contributed by atoms with Gasteiger partial charge in [0.25, 0.3) is 5.67 Å². The standard InChI is InChI=1S/C43H61FN6O9S/c1-11-33(51)49-37(55-20-28-21-60-38(47-28)31-13-12-14-32(45)48-31)25(4)43-19-27-15-16-30(26(5)46-27)40(6,54)22-56-39(53)41(7,44)35(52)24(3)36(42(43,8)59-43)58-34-18-29(50(9)10)17-23(2)57-34/h12-14,21,23-26,29-30,34,36,54H,11,15-20,22H2,1-10H3,(H2,45,48)/t23?,24-,25-,26?,29-,30?,34-,36+,40+,41-,42-,43?/m0/s1. The second-order valence-corrected chi connectivity index (χ2v) is 18.6. The number of hydrogen-bond acceptors (Lipinski definition) is 15. The molecule has 5 aliphatic rings. The summed E-state index contributed by atoms with van der Waals surface area (Å²) in [6.45, 7) is 12.5. The third-order valence-corrected chi connectivity index (χ3v) is 13.8. The van der Waals surface area contributed by atoms with Crippen molar-refractivity contribution >= 4 is 46.4 Å². The summed E-state index contributed by atoms with van der Waals surface area (Å²) in [6.07, 6.45) is 0.237. The summed E-state index contributed by atoms with van der Waals surface area (Å²) in [7, 11) is 3.95. The van der Waals surface area contributed by atoms with Crippen LogP contribution in [-0.4, -0.2) is 123 Å². The van der Waals surface area contributed by atoms with Gasteiger partial charge in [0, 0.05) is 48.2 Å². The number of nitrogen functional groups attached to an aromatic ring is 1. The number of carbonyl (C=O) groups excluding carboxylic acids is 3. The highest BCUT2D eigenvalue weighted by Crippen LogP contribution is 2.61. The number of thiazole rings is 1. The number of aromatic nitrogens is 2. The number of alkyl halides is 1. The van der Waals surface area contributed by atoms with Gasteiger partial charge in [0.15, 0.2) is 18.0 Å². The molecule has 2 aromatic rings. The molecule has 3 N–H and O–H groups in total. The fourth-order valence-corrected chi connectivity index (χ4v) is 10.0. The average Bonchev–Trinajstić information content (AvgIpc) is 3.52. The van der Waals surface area contributed by atoms with Crippen molar-refractivity contribution in [2.24, 2.45) is 27.7 Å². The lowest BCUT2D eigenvalue weighted by Gasteiger charge is -2.41. The summed E-state index contributed by atoms with van der Waals surface area (Å²) < 4.78 is 48.7. The molecule has 330 valence electrons. The Morgan fingerprint density at radius 3 is 2.57 bits per heavy atom. The molecule has 12 atom stereocenters. The van der Waals surface area contributed by atoms with E-state index in [9.17, 15) is 19.5 Å². The third-order valence-electron chi connectivity index (χ3n) is 12.9. The third kappa shape index (κ3) is 9.21. The molecule has 5 aliphatic heterocycles. The molecule has 2 aromatic heterocycles. The van der Waals surface area contributed by atoms with Crippen molar-refractivity contribution in [1.82, 2.24) is 14.9 Å². The first-order valence-corrected chi connectivity index (χ1v) is 21.8. The van der Waals surface area contributed by atoms with Crippen molar-refractivity contribution in [3.63, 3.8) is 0 Å². The number of esters is 1. The normalized spacial score (nSPS) is 37.0. The first-order chi connectivity index (χ1) is 28.1. The zero-order valence-electron chi connectivity index (χ0n) is 36.4. The highest BCUT2D eigenvalue weighted by Gasteiger charge is 2.76. The smallest absolute Gasteiger partial charge is 0.351 e. The van der Waals surface area contributed by atoms with E-state index in [1.807, 2.05) is 46.3 Å². The predicted molar refractivity (Wildman–Crippen MR) is 224 cm³/mol. The summed E-state index contributed by atoms with van der Waals surface area (Å²) in [5, 5.41) is 14.0. The van der Waals surface area contributed by atoms with Gasteiger partial charge in [0.05, 0.1) is 23.8 Å². The van der Waals surface area contributed by atoms with Gasteiger partial charge in [-0.25, -0.2) is 19.2 Å². The van der Waals surface area contributed by atoms with E-state index in [1.165, 1.54) is 25.2 Å². The number of anilines is 1. The molecule has 0 aliphatic carbocycles. The number of amides is 1. The first-order valence-electron chi connectivity index (χ1n) is 20.9. The SMILES string of the molecule is CCC(=O)N=C(OCc1csc(-c2cccc(N)n2)n1)[C@H](C)C12CC3=NC(C)C(CC3)[C@](C)(O)COC(=O)[C@@](C)(F)C(=O)[C@H](C)[C@@H](O[C@H]3C[C@@H](N(C)C)CC(C)O3)[C@]1(C)O2. The Balaban J connectivity index is 1.43. The molecular formula is C43H61FN6O9S. The van der Waals surface area contributed by atoms with Gasteiger partial charge in [-0.3, -0.25) is 14.6 Å². The van der Waals surface area contributed by atoms with Crippen LogP contribution in [0, 0.1) is 17.8 Å². The Morgan fingerprint density at radius 2 is 1.90 bits per heavy atom. The lowest BCUT2D eigenvalue weighted by Crippen LogP contribution is -2.55. The van der Waals surface area contributed by atoms with Gasteiger partial charge >= 0.3 is 5.97 Å². The predicted octanol–water partition coefficient (Wildman–Crippen LogP) is 5.51. The maximum atomic E-state index is 16.7. The summed E-state index contributed by atoms with van der Waals surface area (Å²) in [4.78, 5) is 61.7. The molecule has 60 heavy (non-hydrogen) atoms. The number of aliphatic imine (C=N–C) groups is 2. The molecule has 2 bridgehead atoms. The Bertz CT molecular complexity index is 1990. The average molecular weight is 857 g/mol. The van der Waals surface area contributed by atoms with E-state index in [0.29, 0.717) is 41.5 Å². The Labute approximate surface area is 355 Å². The number of pyridine rings is 1. The van der Waals surface area contributed by atoms with Gasteiger partial charge < -0.3 is 39.4 Å². The minimum absolute atomic E-state index is 0.0443. The highest BCUT2D eigenvalue weighted by atomic mass is 32.1. The van der Waals surface area contributed by atoms with E-state index >= 15 is 4.39 Å². The fraction of sp³-hybridized carbons (Fsp3) is 0.698.